The average Bonchev–Trinajstić information content (AvgIpc) is 3.01. The number of aromatic nitrogens is 3. The number of amides is 1. The van der Waals surface area contributed by atoms with E-state index in [1.807, 2.05) is 24.1 Å². The molecular weight excluding hydrogens is 302 g/mol. The van der Waals surface area contributed by atoms with E-state index in [2.05, 4.69) is 15.4 Å². The van der Waals surface area contributed by atoms with Gasteiger partial charge in [-0.2, -0.15) is 5.10 Å². The van der Waals surface area contributed by atoms with Crippen molar-refractivity contribution in [3.8, 4) is 0 Å². The Kier molecular flexibility index (Phi) is 4.06. The number of halogens is 1. The molecular formula is C15H20ClN5O. The molecule has 0 spiro atoms. The highest BCUT2D eigenvalue weighted by atomic mass is 35.5. The molecule has 4 rings (SSSR count). The molecule has 6 nitrogen and oxygen atoms in total. The van der Waals surface area contributed by atoms with Crippen LogP contribution in [0.3, 0.4) is 0 Å². The standard InChI is InChI=1S/C15H19N5O.ClH/c1-10-4-7-20-14(17-10)13(8-16-20)15(21)19-6-5-11-2-3-12(9-19)18-11;/h4,7-8,11-12,18H,2-3,5-6,9H2,1H3;1H. The molecule has 22 heavy (non-hydrogen) atoms. The minimum atomic E-state index is 0. The second kappa shape index (κ2) is 5.85. The van der Waals surface area contributed by atoms with Gasteiger partial charge in [0.2, 0.25) is 0 Å². The number of likely N-dealkylation sites (tertiary alicyclic amines) is 1. The first-order chi connectivity index (χ1) is 10.2. The van der Waals surface area contributed by atoms with Crippen LogP contribution in [0.15, 0.2) is 18.5 Å². The number of fused-ring (bicyclic) bond motifs is 3. The fourth-order valence-corrected chi connectivity index (χ4v) is 3.41. The van der Waals surface area contributed by atoms with Crippen LogP contribution in [0.1, 0.15) is 35.3 Å². The maximum atomic E-state index is 12.8. The molecule has 0 radical (unpaired) electrons. The van der Waals surface area contributed by atoms with Gasteiger partial charge in [0.15, 0.2) is 5.65 Å². The lowest BCUT2D eigenvalue weighted by Crippen LogP contribution is -2.39. The fourth-order valence-electron chi connectivity index (χ4n) is 3.41. The Morgan fingerprint density at radius 2 is 2.14 bits per heavy atom. The molecule has 1 N–H and O–H groups in total. The van der Waals surface area contributed by atoms with Crippen LogP contribution in [-0.4, -0.2) is 50.6 Å². The van der Waals surface area contributed by atoms with Gasteiger partial charge in [0.05, 0.1) is 6.20 Å². The molecule has 2 aromatic heterocycles. The summed E-state index contributed by atoms with van der Waals surface area (Å²) in [4.78, 5) is 19.2. The molecule has 0 aromatic carbocycles. The van der Waals surface area contributed by atoms with E-state index in [-0.39, 0.29) is 18.3 Å². The third-order valence-electron chi connectivity index (χ3n) is 4.55. The average molecular weight is 322 g/mol. The Hall–Kier alpha value is -1.66. The van der Waals surface area contributed by atoms with Crippen LogP contribution in [0.4, 0.5) is 0 Å². The van der Waals surface area contributed by atoms with Crippen molar-refractivity contribution in [3.05, 3.63) is 29.7 Å². The molecule has 2 aliphatic rings. The molecule has 2 aromatic rings. The normalized spacial score (nSPS) is 24.1. The molecule has 0 aliphatic carbocycles. The summed E-state index contributed by atoms with van der Waals surface area (Å²) in [6, 6.07) is 2.92. The Labute approximate surface area is 135 Å². The Morgan fingerprint density at radius 3 is 3.00 bits per heavy atom. The Balaban J connectivity index is 0.00000144. The predicted molar refractivity (Wildman–Crippen MR) is 85.4 cm³/mol. The Morgan fingerprint density at radius 1 is 1.32 bits per heavy atom. The Bertz CT molecular complexity index is 700. The molecule has 1 amide bonds. The summed E-state index contributed by atoms with van der Waals surface area (Å²) < 4.78 is 1.67. The monoisotopic (exact) mass is 321 g/mol. The van der Waals surface area contributed by atoms with Crippen molar-refractivity contribution in [1.82, 2.24) is 24.8 Å². The lowest BCUT2D eigenvalue weighted by Gasteiger charge is -2.23. The second-order valence-electron chi connectivity index (χ2n) is 6.07. The summed E-state index contributed by atoms with van der Waals surface area (Å²) in [6.45, 7) is 3.53. The first-order valence-corrected chi connectivity index (χ1v) is 7.57. The van der Waals surface area contributed by atoms with Gasteiger partial charge < -0.3 is 10.2 Å². The van der Waals surface area contributed by atoms with E-state index in [1.165, 1.54) is 12.8 Å². The zero-order valence-electron chi connectivity index (χ0n) is 12.5. The van der Waals surface area contributed by atoms with E-state index in [9.17, 15) is 4.79 Å². The summed E-state index contributed by atoms with van der Waals surface area (Å²) in [7, 11) is 0. The third-order valence-corrected chi connectivity index (χ3v) is 4.55. The molecule has 0 saturated carbocycles. The molecule has 2 saturated heterocycles. The van der Waals surface area contributed by atoms with Crippen LogP contribution < -0.4 is 5.32 Å². The number of nitrogens with one attached hydrogen (secondary N) is 1. The van der Waals surface area contributed by atoms with E-state index >= 15 is 0 Å². The van der Waals surface area contributed by atoms with Gasteiger partial charge in [0.1, 0.15) is 5.56 Å². The topological polar surface area (TPSA) is 62.5 Å². The van der Waals surface area contributed by atoms with E-state index in [1.54, 1.807) is 10.7 Å². The molecule has 4 heterocycles. The SMILES string of the molecule is Cc1ccn2ncc(C(=O)N3CCC4CCC(C3)N4)c2n1.Cl. The highest BCUT2D eigenvalue weighted by Crippen LogP contribution is 2.22. The lowest BCUT2D eigenvalue weighted by molar-refractivity contribution is 0.0750. The number of rotatable bonds is 1. The van der Waals surface area contributed by atoms with Crippen LogP contribution in [0.2, 0.25) is 0 Å². The van der Waals surface area contributed by atoms with Crippen LogP contribution in [0.25, 0.3) is 5.65 Å². The number of hydrogen-bond acceptors (Lipinski definition) is 4. The molecule has 2 bridgehead atoms. The van der Waals surface area contributed by atoms with Gasteiger partial charge in [-0.05, 0) is 32.3 Å². The van der Waals surface area contributed by atoms with Crippen molar-refractivity contribution in [3.63, 3.8) is 0 Å². The van der Waals surface area contributed by atoms with Crippen molar-refractivity contribution < 1.29 is 4.79 Å². The van der Waals surface area contributed by atoms with Gasteiger partial charge in [-0.25, -0.2) is 9.50 Å². The zero-order valence-corrected chi connectivity index (χ0v) is 13.3. The first-order valence-electron chi connectivity index (χ1n) is 7.57. The smallest absolute Gasteiger partial charge is 0.259 e. The maximum Gasteiger partial charge on any atom is 0.259 e. The number of aryl methyl sites for hydroxylation is 1. The minimum absolute atomic E-state index is 0. The van der Waals surface area contributed by atoms with Crippen LogP contribution in [-0.2, 0) is 0 Å². The summed E-state index contributed by atoms with van der Waals surface area (Å²) in [5.74, 6) is 0.0532. The van der Waals surface area contributed by atoms with Crippen molar-refractivity contribution in [2.24, 2.45) is 0 Å². The van der Waals surface area contributed by atoms with Crippen LogP contribution >= 0.6 is 12.4 Å². The van der Waals surface area contributed by atoms with Crippen molar-refractivity contribution in [2.45, 2.75) is 38.3 Å². The zero-order chi connectivity index (χ0) is 14.4. The highest BCUT2D eigenvalue weighted by Gasteiger charge is 2.32. The molecule has 2 fully saturated rings. The first kappa shape index (κ1) is 15.2. The van der Waals surface area contributed by atoms with Crippen LogP contribution in [0.5, 0.6) is 0 Å². The third kappa shape index (κ3) is 2.57. The van der Waals surface area contributed by atoms with Gasteiger partial charge in [0.25, 0.3) is 5.91 Å². The minimum Gasteiger partial charge on any atom is -0.337 e. The van der Waals surface area contributed by atoms with Gasteiger partial charge in [0, 0.05) is 37.1 Å². The molecule has 7 heteroatoms. The van der Waals surface area contributed by atoms with Gasteiger partial charge in [-0.1, -0.05) is 0 Å². The van der Waals surface area contributed by atoms with E-state index in [0.717, 1.165) is 25.2 Å². The highest BCUT2D eigenvalue weighted by molar-refractivity contribution is 5.99. The summed E-state index contributed by atoms with van der Waals surface area (Å²) in [6.07, 6.45) is 6.93. The predicted octanol–water partition coefficient (Wildman–Crippen LogP) is 1.43. The van der Waals surface area contributed by atoms with E-state index in [4.69, 9.17) is 0 Å². The van der Waals surface area contributed by atoms with Gasteiger partial charge in [-0.15, -0.1) is 12.4 Å². The lowest BCUT2D eigenvalue weighted by atomic mass is 10.1. The molecule has 2 unspecified atom stereocenters. The quantitative estimate of drug-likeness (QED) is 0.863. The number of carbonyl (C=O) groups is 1. The summed E-state index contributed by atoms with van der Waals surface area (Å²) in [5, 5.41) is 7.84. The second-order valence-corrected chi connectivity index (χ2v) is 6.07. The van der Waals surface area contributed by atoms with E-state index < -0.39 is 0 Å². The number of nitrogens with zero attached hydrogens (tertiary/aromatic N) is 4. The van der Waals surface area contributed by atoms with Crippen molar-refractivity contribution in [2.75, 3.05) is 13.1 Å². The van der Waals surface area contributed by atoms with E-state index in [0.29, 0.717) is 23.3 Å². The largest absolute Gasteiger partial charge is 0.337 e. The number of hydrogen-bond donors (Lipinski definition) is 1. The van der Waals surface area contributed by atoms with Crippen LogP contribution in [0, 0.1) is 6.92 Å². The molecule has 118 valence electrons. The van der Waals surface area contributed by atoms with Gasteiger partial charge >= 0.3 is 0 Å². The summed E-state index contributed by atoms with van der Waals surface area (Å²) >= 11 is 0. The molecule has 2 aliphatic heterocycles. The molecule has 2 atom stereocenters. The maximum absolute atomic E-state index is 12.8. The van der Waals surface area contributed by atoms with Gasteiger partial charge in [-0.3, -0.25) is 4.79 Å². The fraction of sp³-hybridized carbons (Fsp3) is 0.533. The van der Waals surface area contributed by atoms with Crippen molar-refractivity contribution in [1.29, 1.82) is 0 Å². The summed E-state index contributed by atoms with van der Waals surface area (Å²) in [5.41, 5.74) is 2.16. The number of carbonyl (C=O) groups excluding carboxylic acids is 1. The van der Waals surface area contributed by atoms with Crippen molar-refractivity contribution >= 4 is 24.0 Å².